The molecule has 1 aromatic heterocycles. The van der Waals surface area contributed by atoms with Crippen LogP contribution in [-0.2, 0) is 19.3 Å². The molecule has 23 heavy (non-hydrogen) atoms. The molecule has 0 spiro atoms. The molecule has 0 aliphatic heterocycles. The first-order chi connectivity index (χ1) is 11.2. The molecule has 2 heteroatoms. The van der Waals surface area contributed by atoms with Gasteiger partial charge in [0.2, 0.25) is 5.43 Å². The molecule has 1 heterocycles. The summed E-state index contributed by atoms with van der Waals surface area (Å²) in [4.78, 5) is 13.0. The Morgan fingerprint density at radius 3 is 2.17 bits per heavy atom. The summed E-state index contributed by atoms with van der Waals surface area (Å²) in [5, 5.41) is 0.693. The minimum absolute atomic E-state index is 0.0560. The molecule has 2 aromatic carbocycles. The second kappa shape index (κ2) is 6.41. The molecule has 0 unspecified atom stereocenters. The van der Waals surface area contributed by atoms with Gasteiger partial charge in [0, 0.05) is 0 Å². The largest absolute Gasteiger partial charge is 0.463 e. The molecule has 0 aliphatic carbocycles. The summed E-state index contributed by atoms with van der Waals surface area (Å²) >= 11 is 0. The van der Waals surface area contributed by atoms with E-state index < -0.39 is 0 Å². The van der Waals surface area contributed by atoms with Crippen molar-refractivity contribution >= 4 is 11.0 Å². The maximum atomic E-state index is 13.0. The van der Waals surface area contributed by atoms with Crippen LogP contribution in [0.15, 0.2) is 51.9 Å². The summed E-state index contributed by atoms with van der Waals surface area (Å²) < 4.78 is 5.86. The van der Waals surface area contributed by atoms with E-state index in [9.17, 15) is 4.79 Å². The number of fused-ring (bicyclic) bond motifs is 1. The van der Waals surface area contributed by atoms with Crippen molar-refractivity contribution in [1.29, 1.82) is 0 Å². The summed E-state index contributed by atoms with van der Waals surface area (Å²) in [5.74, 6) is 0. The Morgan fingerprint density at radius 2 is 1.57 bits per heavy atom. The van der Waals surface area contributed by atoms with Gasteiger partial charge >= 0.3 is 0 Å². The molecular weight excluding hydrogens is 284 g/mol. The van der Waals surface area contributed by atoms with E-state index in [0.717, 1.165) is 36.0 Å². The summed E-state index contributed by atoms with van der Waals surface area (Å²) in [6.07, 6.45) is 4.37. The molecule has 0 N–H and O–H groups in total. The minimum atomic E-state index is 0.0560. The molecule has 0 saturated heterocycles. The third-order valence-corrected chi connectivity index (χ3v) is 4.47. The van der Waals surface area contributed by atoms with Gasteiger partial charge in [-0.25, -0.2) is 0 Å². The van der Waals surface area contributed by atoms with E-state index in [-0.39, 0.29) is 5.43 Å². The van der Waals surface area contributed by atoms with Crippen LogP contribution in [0.4, 0.5) is 0 Å². The first-order valence-electron chi connectivity index (χ1n) is 8.34. The second-order valence-corrected chi connectivity index (χ2v) is 5.87. The van der Waals surface area contributed by atoms with E-state index in [1.54, 1.807) is 6.26 Å². The van der Waals surface area contributed by atoms with Crippen LogP contribution < -0.4 is 5.43 Å². The first kappa shape index (κ1) is 15.5. The fourth-order valence-corrected chi connectivity index (χ4v) is 2.97. The average molecular weight is 306 g/mol. The van der Waals surface area contributed by atoms with Crippen LogP contribution >= 0.6 is 0 Å². The van der Waals surface area contributed by atoms with Gasteiger partial charge in [0.1, 0.15) is 11.8 Å². The molecule has 3 rings (SSSR count). The molecule has 0 radical (unpaired) electrons. The molecule has 118 valence electrons. The summed E-state index contributed by atoms with van der Waals surface area (Å²) in [5.41, 5.74) is 5.88. The summed E-state index contributed by atoms with van der Waals surface area (Å²) in [6, 6.07) is 12.3. The first-order valence-corrected chi connectivity index (χ1v) is 8.34. The van der Waals surface area contributed by atoms with Crippen LogP contribution in [-0.4, -0.2) is 0 Å². The number of rotatable bonds is 4. The van der Waals surface area contributed by atoms with Gasteiger partial charge in [-0.3, -0.25) is 4.79 Å². The SMILES string of the molecule is CCc1ccc(-c2coc3c(CC)cc(CC)cc3c2=O)cc1. The normalized spacial score (nSPS) is 11.1. The van der Waals surface area contributed by atoms with Crippen molar-refractivity contribution in [3.63, 3.8) is 0 Å². The van der Waals surface area contributed by atoms with Gasteiger partial charge in [0.15, 0.2) is 0 Å². The van der Waals surface area contributed by atoms with Crippen LogP contribution in [0.5, 0.6) is 0 Å². The Hall–Kier alpha value is -2.35. The standard InChI is InChI=1S/C21H22O2/c1-4-14-7-9-17(10-8-14)19-13-23-21-16(6-3)11-15(5-2)12-18(21)20(19)22/h7-13H,4-6H2,1-3H3. The van der Waals surface area contributed by atoms with Crippen LogP contribution in [0.2, 0.25) is 0 Å². The lowest BCUT2D eigenvalue weighted by molar-refractivity contribution is 0.600. The van der Waals surface area contributed by atoms with Crippen LogP contribution in [0.3, 0.4) is 0 Å². The minimum Gasteiger partial charge on any atom is -0.463 e. The van der Waals surface area contributed by atoms with Crippen LogP contribution in [0.25, 0.3) is 22.1 Å². The van der Waals surface area contributed by atoms with Crippen LogP contribution in [0, 0.1) is 0 Å². The Balaban J connectivity index is 2.23. The van der Waals surface area contributed by atoms with Crippen LogP contribution in [0.1, 0.15) is 37.5 Å². The Morgan fingerprint density at radius 1 is 0.870 bits per heavy atom. The van der Waals surface area contributed by atoms with Crippen molar-refractivity contribution in [2.45, 2.75) is 40.0 Å². The predicted octanol–water partition coefficient (Wildman–Crippen LogP) is 5.15. The van der Waals surface area contributed by atoms with E-state index in [4.69, 9.17) is 4.42 Å². The monoisotopic (exact) mass is 306 g/mol. The van der Waals surface area contributed by atoms with Gasteiger partial charge in [-0.15, -0.1) is 0 Å². The predicted molar refractivity (Wildman–Crippen MR) is 96.1 cm³/mol. The lowest BCUT2D eigenvalue weighted by Gasteiger charge is -2.08. The maximum Gasteiger partial charge on any atom is 0.200 e. The van der Waals surface area contributed by atoms with E-state index in [0.29, 0.717) is 10.9 Å². The highest BCUT2D eigenvalue weighted by atomic mass is 16.3. The van der Waals surface area contributed by atoms with Crippen molar-refractivity contribution in [1.82, 2.24) is 0 Å². The topological polar surface area (TPSA) is 30.2 Å². The molecule has 0 fully saturated rings. The highest BCUT2D eigenvalue weighted by Crippen LogP contribution is 2.24. The van der Waals surface area contributed by atoms with Gasteiger partial charge in [0.25, 0.3) is 0 Å². The van der Waals surface area contributed by atoms with Gasteiger partial charge < -0.3 is 4.42 Å². The number of aryl methyl sites for hydroxylation is 3. The molecule has 0 amide bonds. The van der Waals surface area contributed by atoms with Crippen molar-refractivity contribution < 1.29 is 4.42 Å². The smallest absolute Gasteiger partial charge is 0.200 e. The van der Waals surface area contributed by atoms with E-state index >= 15 is 0 Å². The van der Waals surface area contributed by atoms with E-state index in [1.165, 1.54) is 11.1 Å². The zero-order valence-electron chi connectivity index (χ0n) is 14.0. The van der Waals surface area contributed by atoms with Crippen molar-refractivity contribution in [2.75, 3.05) is 0 Å². The Labute approximate surface area is 136 Å². The maximum absolute atomic E-state index is 13.0. The average Bonchev–Trinajstić information content (AvgIpc) is 2.61. The third kappa shape index (κ3) is 2.81. The molecule has 0 bridgehead atoms. The van der Waals surface area contributed by atoms with Gasteiger partial charge in [-0.2, -0.15) is 0 Å². The molecule has 0 aliphatic rings. The highest BCUT2D eigenvalue weighted by molar-refractivity contribution is 5.84. The van der Waals surface area contributed by atoms with Crippen molar-refractivity contribution in [3.8, 4) is 11.1 Å². The lowest BCUT2D eigenvalue weighted by Crippen LogP contribution is -2.06. The van der Waals surface area contributed by atoms with Gasteiger partial charge in [-0.05, 0) is 47.6 Å². The Bertz CT molecular complexity index is 886. The van der Waals surface area contributed by atoms with Gasteiger partial charge in [-0.1, -0.05) is 51.1 Å². The van der Waals surface area contributed by atoms with Crippen molar-refractivity contribution in [2.24, 2.45) is 0 Å². The highest BCUT2D eigenvalue weighted by Gasteiger charge is 2.12. The number of hydrogen-bond donors (Lipinski definition) is 0. The zero-order valence-corrected chi connectivity index (χ0v) is 14.0. The van der Waals surface area contributed by atoms with Crippen molar-refractivity contribution in [3.05, 3.63) is 69.6 Å². The molecule has 0 saturated carbocycles. The zero-order chi connectivity index (χ0) is 16.4. The lowest BCUT2D eigenvalue weighted by atomic mass is 9.99. The molecule has 0 atom stereocenters. The van der Waals surface area contributed by atoms with E-state index in [1.807, 2.05) is 18.2 Å². The van der Waals surface area contributed by atoms with Gasteiger partial charge in [0.05, 0.1) is 10.9 Å². The Kier molecular flexibility index (Phi) is 4.33. The summed E-state index contributed by atoms with van der Waals surface area (Å²) in [6.45, 7) is 6.32. The third-order valence-electron chi connectivity index (χ3n) is 4.47. The number of hydrogen-bond acceptors (Lipinski definition) is 2. The quantitative estimate of drug-likeness (QED) is 0.667. The molecular formula is C21H22O2. The molecule has 2 nitrogen and oxygen atoms in total. The molecule has 3 aromatic rings. The van der Waals surface area contributed by atoms with E-state index in [2.05, 4.69) is 39.0 Å². The number of benzene rings is 2. The second-order valence-electron chi connectivity index (χ2n) is 5.87. The fraction of sp³-hybridized carbons (Fsp3) is 0.286. The summed E-state index contributed by atoms with van der Waals surface area (Å²) in [7, 11) is 0. The fourth-order valence-electron chi connectivity index (χ4n) is 2.97.